The number of sulfonamides is 1. The van der Waals surface area contributed by atoms with Crippen LogP contribution < -0.4 is 4.72 Å². The number of aryl methyl sites for hydroxylation is 1. The first-order chi connectivity index (χ1) is 9.49. The number of hydrogen-bond donors (Lipinski definition) is 1. The zero-order valence-electron chi connectivity index (χ0n) is 11.7. The number of benzene rings is 1. The highest BCUT2D eigenvalue weighted by Crippen LogP contribution is 2.14. The van der Waals surface area contributed by atoms with Crippen LogP contribution in [0.2, 0.25) is 0 Å². The van der Waals surface area contributed by atoms with Gasteiger partial charge in [-0.1, -0.05) is 0 Å². The predicted octanol–water partition coefficient (Wildman–Crippen LogP) is 1.90. The molecule has 20 heavy (non-hydrogen) atoms. The third-order valence-corrected chi connectivity index (χ3v) is 5.04. The minimum atomic E-state index is -3.53. The van der Waals surface area contributed by atoms with Crippen LogP contribution in [0.15, 0.2) is 23.1 Å². The quantitative estimate of drug-likeness (QED) is 0.816. The molecule has 1 aliphatic rings. The van der Waals surface area contributed by atoms with Crippen LogP contribution in [0.4, 0.5) is 4.39 Å². The molecule has 0 saturated carbocycles. The normalized spacial score (nSPS) is 16.7. The maximum absolute atomic E-state index is 13.1. The van der Waals surface area contributed by atoms with Gasteiger partial charge in [-0.3, -0.25) is 0 Å². The Hall–Kier alpha value is -0.980. The van der Waals surface area contributed by atoms with E-state index in [1.165, 1.54) is 31.0 Å². The maximum Gasteiger partial charge on any atom is 0.240 e. The number of rotatable bonds is 6. The predicted molar refractivity (Wildman–Crippen MR) is 76.6 cm³/mol. The molecule has 0 atom stereocenters. The van der Waals surface area contributed by atoms with E-state index in [-0.39, 0.29) is 4.90 Å². The molecule has 0 amide bonds. The first-order valence-electron chi connectivity index (χ1n) is 6.97. The van der Waals surface area contributed by atoms with Crippen molar-refractivity contribution in [3.8, 4) is 0 Å². The summed E-state index contributed by atoms with van der Waals surface area (Å²) in [7, 11) is -3.53. The van der Waals surface area contributed by atoms with E-state index in [4.69, 9.17) is 0 Å². The Morgan fingerprint density at radius 3 is 2.65 bits per heavy atom. The molecule has 1 N–H and O–H groups in total. The van der Waals surface area contributed by atoms with Crippen molar-refractivity contribution in [2.24, 2.45) is 0 Å². The lowest BCUT2D eigenvalue weighted by atomic mass is 10.2. The average molecular weight is 300 g/mol. The van der Waals surface area contributed by atoms with Gasteiger partial charge >= 0.3 is 0 Å². The molecule has 0 radical (unpaired) electrons. The number of hydrogen-bond acceptors (Lipinski definition) is 3. The molecule has 0 bridgehead atoms. The Bertz CT molecular complexity index is 554. The van der Waals surface area contributed by atoms with Gasteiger partial charge in [-0.15, -0.1) is 0 Å². The molecule has 1 aromatic rings. The minimum Gasteiger partial charge on any atom is -0.303 e. The third kappa shape index (κ3) is 4.01. The van der Waals surface area contributed by atoms with Gasteiger partial charge in [0.25, 0.3) is 0 Å². The summed E-state index contributed by atoms with van der Waals surface area (Å²) < 4.78 is 39.8. The number of likely N-dealkylation sites (tertiary alicyclic amines) is 1. The van der Waals surface area contributed by atoms with E-state index in [2.05, 4.69) is 9.62 Å². The summed E-state index contributed by atoms with van der Waals surface area (Å²) in [5.41, 5.74) is 0.338. The molecule has 4 nitrogen and oxygen atoms in total. The summed E-state index contributed by atoms with van der Waals surface area (Å²) in [4.78, 5) is 2.47. The molecule has 1 fully saturated rings. The second kappa shape index (κ2) is 6.65. The summed E-state index contributed by atoms with van der Waals surface area (Å²) in [5, 5.41) is 0. The first-order valence-corrected chi connectivity index (χ1v) is 8.45. The summed E-state index contributed by atoms with van der Waals surface area (Å²) in [6.07, 6.45) is 3.26. The van der Waals surface area contributed by atoms with Crippen LogP contribution in [-0.4, -0.2) is 39.5 Å². The molecule has 2 rings (SSSR count). The lowest BCUT2D eigenvalue weighted by Crippen LogP contribution is -2.28. The van der Waals surface area contributed by atoms with Gasteiger partial charge in [0.1, 0.15) is 5.82 Å². The molecule has 6 heteroatoms. The molecule has 1 aromatic carbocycles. The fourth-order valence-electron chi connectivity index (χ4n) is 2.38. The van der Waals surface area contributed by atoms with E-state index in [1.54, 1.807) is 6.92 Å². The summed E-state index contributed by atoms with van der Waals surface area (Å²) in [6.45, 7) is 5.12. The summed E-state index contributed by atoms with van der Waals surface area (Å²) in [5.74, 6) is -0.391. The van der Waals surface area contributed by atoms with Crippen molar-refractivity contribution in [2.75, 3.05) is 26.2 Å². The molecule has 0 aliphatic carbocycles. The van der Waals surface area contributed by atoms with E-state index in [9.17, 15) is 12.8 Å². The van der Waals surface area contributed by atoms with Crippen molar-refractivity contribution in [3.63, 3.8) is 0 Å². The van der Waals surface area contributed by atoms with E-state index in [1.807, 2.05) is 0 Å². The Balaban J connectivity index is 1.85. The van der Waals surface area contributed by atoms with Gasteiger partial charge in [-0.25, -0.2) is 17.5 Å². The molecular weight excluding hydrogens is 279 g/mol. The van der Waals surface area contributed by atoms with Crippen LogP contribution in [0.5, 0.6) is 0 Å². The van der Waals surface area contributed by atoms with Gasteiger partial charge in [0.2, 0.25) is 10.0 Å². The van der Waals surface area contributed by atoms with Crippen molar-refractivity contribution in [3.05, 3.63) is 29.6 Å². The average Bonchev–Trinajstić information content (AvgIpc) is 2.91. The largest absolute Gasteiger partial charge is 0.303 e. The second-order valence-electron chi connectivity index (χ2n) is 5.21. The molecular formula is C14H21FN2O2S. The highest BCUT2D eigenvalue weighted by Gasteiger charge is 2.15. The van der Waals surface area contributed by atoms with E-state index in [0.29, 0.717) is 12.1 Å². The van der Waals surface area contributed by atoms with E-state index >= 15 is 0 Å². The van der Waals surface area contributed by atoms with Crippen LogP contribution in [0.3, 0.4) is 0 Å². The zero-order chi connectivity index (χ0) is 14.6. The molecule has 0 unspecified atom stereocenters. The first kappa shape index (κ1) is 15.4. The third-order valence-electron chi connectivity index (χ3n) is 3.58. The topological polar surface area (TPSA) is 49.4 Å². The van der Waals surface area contributed by atoms with Gasteiger partial charge < -0.3 is 4.90 Å². The second-order valence-corrected chi connectivity index (χ2v) is 6.98. The SMILES string of the molecule is Cc1cc(S(=O)(=O)NCCCN2CCCC2)ccc1F. The minimum absolute atomic E-state index is 0.123. The lowest BCUT2D eigenvalue weighted by molar-refractivity contribution is 0.334. The van der Waals surface area contributed by atoms with Crippen LogP contribution in [-0.2, 0) is 10.0 Å². The van der Waals surface area contributed by atoms with Gasteiger partial charge in [-0.05, 0) is 69.6 Å². The molecule has 0 aromatic heterocycles. The molecule has 1 saturated heterocycles. The van der Waals surface area contributed by atoms with Crippen LogP contribution in [0, 0.1) is 12.7 Å². The van der Waals surface area contributed by atoms with Crippen LogP contribution in [0.25, 0.3) is 0 Å². The Morgan fingerprint density at radius 1 is 1.30 bits per heavy atom. The van der Waals surface area contributed by atoms with E-state index < -0.39 is 15.8 Å². The van der Waals surface area contributed by atoms with Crippen molar-refractivity contribution >= 4 is 10.0 Å². The van der Waals surface area contributed by atoms with E-state index in [0.717, 1.165) is 26.1 Å². The smallest absolute Gasteiger partial charge is 0.240 e. The number of nitrogens with one attached hydrogen (secondary N) is 1. The lowest BCUT2D eigenvalue weighted by Gasteiger charge is -2.14. The van der Waals surface area contributed by atoms with Gasteiger partial charge in [0.05, 0.1) is 4.90 Å². The highest BCUT2D eigenvalue weighted by molar-refractivity contribution is 7.89. The van der Waals surface area contributed by atoms with Crippen LogP contribution in [0.1, 0.15) is 24.8 Å². The molecule has 0 spiro atoms. The monoisotopic (exact) mass is 300 g/mol. The van der Waals surface area contributed by atoms with Crippen molar-refractivity contribution < 1.29 is 12.8 Å². The van der Waals surface area contributed by atoms with Crippen molar-refractivity contribution in [1.82, 2.24) is 9.62 Å². The standard InChI is InChI=1S/C14H21FN2O2S/c1-12-11-13(5-6-14(12)15)20(18,19)16-7-4-10-17-8-2-3-9-17/h5-6,11,16H,2-4,7-10H2,1H3. The van der Waals surface area contributed by atoms with Crippen molar-refractivity contribution in [1.29, 1.82) is 0 Å². The highest BCUT2D eigenvalue weighted by atomic mass is 32.2. The van der Waals surface area contributed by atoms with Crippen LogP contribution >= 0.6 is 0 Å². The Kier molecular flexibility index (Phi) is 5.12. The summed E-state index contributed by atoms with van der Waals surface area (Å²) in [6, 6.07) is 3.84. The maximum atomic E-state index is 13.1. The van der Waals surface area contributed by atoms with Gasteiger partial charge in [-0.2, -0.15) is 0 Å². The van der Waals surface area contributed by atoms with Gasteiger partial charge in [0.15, 0.2) is 0 Å². The Labute approximate surface area is 120 Å². The zero-order valence-corrected chi connectivity index (χ0v) is 12.5. The molecule has 1 heterocycles. The number of nitrogens with zero attached hydrogens (tertiary/aromatic N) is 1. The molecule has 112 valence electrons. The van der Waals surface area contributed by atoms with Gasteiger partial charge in [0, 0.05) is 6.54 Å². The summed E-state index contributed by atoms with van der Waals surface area (Å²) >= 11 is 0. The Morgan fingerprint density at radius 2 is 2.00 bits per heavy atom. The fraction of sp³-hybridized carbons (Fsp3) is 0.571. The van der Waals surface area contributed by atoms with Crippen molar-refractivity contribution in [2.45, 2.75) is 31.1 Å². The molecule has 1 aliphatic heterocycles. The number of halogens is 1. The fourth-order valence-corrected chi connectivity index (χ4v) is 3.54.